The van der Waals surface area contributed by atoms with Crippen LogP contribution in [-0.4, -0.2) is 25.1 Å². The second-order valence-corrected chi connectivity index (χ2v) is 9.19. The third-order valence-corrected chi connectivity index (χ3v) is 6.73. The van der Waals surface area contributed by atoms with E-state index in [1.807, 2.05) is 37.4 Å². The van der Waals surface area contributed by atoms with Crippen LogP contribution in [0.25, 0.3) is 0 Å². The zero-order valence-electron chi connectivity index (χ0n) is 17.9. The fraction of sp³-hybridized carbons (Fsp3) is 0.304. The van der Waals surface area contributed by atoms with Crippen LogP contribution in [0, 0.1) is 20.8 Å². The van der Waals surface area contributed by atoms with Crippen molar-refractivity contribution in [2.24, 2.45) is 0 Å². The molecule has 158 valence electrons. The van der Waals surface area contributed by atoms with E-state index in [1.165, 1.54) is 5.56 Å². The SMILES string of the molecule is COc1cc(CSc2nc(CC(=O)Nc3c(C)cc(C)cc3C)cs2)cc(OC)c1. The zero-order valence-corrected chi connectivity index (χ0v) is 19.5. The van der Waals surface area contributed by atoms with Crippen molar-refractivity contribution in [3.8, 4) is 11.5 Å². The number of rotatable bonds is 8. The first kappa shape index (κ1) is 22.2. The van der Waals surface area contributed by atoms with Gasteiger partial charge in [0.25, 0.3) is 0 Å². The largest absolute Gasteiger partial charge is 0.497 e. The van der Waals surface area contributed by atoms with Crippen LogP contribution in [0.5, 0.6) is 11.5 Å². The monoisotopic (exact) mass is 442 g/mol. The maximum Gasteiger partial charge on any atom is 0.230 e. The maximum absolute atomic E-state index is 12.5. The summed E-state index contributed by atoms with van der Waals surface area (Å²) in [4.78, 5) is 17.1. The fourth-order valence-corrected chi connectivity index (χ4v) is 5.03. The second kappa shape index (κ2) is 10.00. The van der Waals surface area contributed by atoms with Crippen LogP contribution >= 0.6 is 23.1 Å². The molecule has 1 N–H and O–H groups in total. The van der Waals surface area contributed by atoms with Crippen molar-refractivity contribution in [2.75, 3.05) is 19.5 Å². The molecular formula is C23H26N2O3S2. The van der Waals surface area contributed by atoms with E-state index in [4.69, 9.17) is 9.47 Å². The molecule has 0 aliphatic heterocycles. The number of carbonyl (C=O) groups excluding carboxylic acids is 1. The molecule has 0 aliphatic rings. The van der Waals surface area contributed by atoms with Gasteiger partial charge in [0, 0.05) is 22.9 Å². The molecule has 30 heavy (non-hydrogen) atoms. The van der Waals surface area contributed by atoms with E-state index in [0.717, 1.165) is 49.7 Å². The van der Waals surface area contributed by atoms with Crippen LogP contribution in [0.1, 0.15) is 27.9 Å². The molecule has 7 heteroatoms. The quantitative estimate of drug-likeness (QED) is 0.463. The Bertz CT molecular complexity index is 1000. The van der Waals surface area contributed by atoms with Gasteiger partial charge in [-0.3, -0.25) is 4.79 Å². The molecule has 0 fully saturated rings. The average Bonchev–Trinajstić information content (AvgIpc) is 3.16. The minimum absolute atomic E-state index is 0.0514. The number of hydrogen-bond donors (Lipinski definition) is 1. The number of thioether (sulfide) groups is 1. The van der Waals surface area contributed by atoms with Gasteiger partial charge < -0.3 is 14.8 Å². The van der Waals surface area contributed by atoms with Gasteiger partial charge in [-0.1, -0.05) is 29.5 Å². The third-order valence-electron chi connectivity index (χ3n) is 4.59. The molecule has 0 spiro atoms. The van der Waals surface area contributed by atoms with Crippen LogP contribution < -0.4 is 14.8 Å². The number of aryl methyl sites for hydroxylation is 3. The van der Waals surface area contributed by atoms with Crippen molar-refractivity contribution < 1.29 is 14.3 Å². The predicted molar refractivity (Wildman–Crippen MR) is 124 cm³/mol. The van der Waals surface area contributed by atoms with E-state index in [1.54, 1.807) is 37.3 Å². The topological polar surface area (TPSA) is 60.5 Å². The smallest absolute Gasteiger partial charge is 0.230 e. The first-order valence-corrected chi connectivity index (χ1v) is 11.4. The van der Waals surface area contributed by atoms with Crippen LogP contribution in [0.3, 0.4) is 0 Å². The standard InChI is InChI=1S/C23H26N2O3S2/c1-14-6-15(2)22(16(3)7-14)25-21(26)10-18-13-30-23(24-18)29-12-17-8-19(27-4)11-20(9-17)28-5/h6-9,11,13H,10,12H2,1-5H3,(H,25,26). The molecule has 3 aromatic rings. The number of aromatic nitrogens is 1. The molecule has 2 aromatic carbocycles. The van der Waals surface area contributed by atoms with Crippen molar-refractivity contribution in [3.05, 3.63) is 63.7 Å². The van der Waals surface area contributed by atoms with Crippen LogP contribution in [-0.2, 0) is 17.0 Å². The molecule has 3 rings (SSSR count). The molecular weight excluding hydrogens is 416 g/mol. The number of benzene rings is 2. The highest BCUT2D eigenvalue weighted by molar-refractivity contribution is 8.00. The number of anilines is 1. The summed E-state index contributed by atoms with van der Waals surface area (Å²) in [5, 5.41) is 4.99. The lowest BCUT2D eigenvalue weighted by atomic mass is 10.0. The number of nitrogens with zero attached hydrogens (tertiary/aromatic N) is 1. The Kier molecular flexibility index (Phi) is 7.39. The van der Waals surface area contributed by atoms with Gasteiger partial charge in [0.2, 0.25) is 5.91 Å². The highest BCUT2D eigenvalue weighted by atomic mass is 32.2. The van der Waals surface area contributed by atoms with E-state index >= 15 is 0 Å². The molecule has 1 aromatic heterocycles. The summed E-state index contributed by atoms with van der Waals surface area (Å²) in [7, 11) is 3.28. The fourth-order valence-electron chi connectivity index (χ4n) is 3.26. The average molecular weight is 443 g/mol. The van der Waals surface area contributed by atoms with Gasteiger partial charge in [-0.25, -0.2) is 4.98 Å². The minimum Gasteiger partial charge on any atom is -0.497 e. The van der Waals surface area contributed by atoms with Crippen LogP contribution in [0.2, 0.25) is 0 Å². The number of nitrogens with one attached hydrogen (secondary N) is 1. The normalized spacial score (nSPS) is 10.7. The summed E-state index contributed by atoms with van der Waals surface area (Å²) in [5.74, 6) is 2.23. The molecule has 0 unspecified atom stereocenters. The predicted octanol–water partition coefficient (Wildman–Crippen LogP) is 5.56. The first-order chi connectivity index (χ1) is 14.4. The van der Waals surface area contributed by atoms with Crippen molar-refractivity contribution in [3.63, 3.8) is 0 Å². The van der Waals surface area contributed by atoms with Gasteiger partial charge in [0.1, 0.15) is 15.8 Å². The van der Waals surface area contributed by atoms with Gasteiger partial charge >= 0.3 is 0 Å². The number of methoxy groups -OCH3 is 2. The maximum atomic E-state index is 12.5. The van der Waals surface area contributed by atoms with Gasteiger partial charge in [-0.15, -0.1) is 11.3 Å². The molecule has 0 bridgehead atoms. The Morgan fingerprint density at radius 3 is 2.27 bits per heavy atom. The van der Waals surface area contributed by atoms with Crippen molar-refractivity contribution in [1.82, 2.24) is 4.98 Å². The first-order valence-electron chi connectivity index (χ1n) is 9.54. The molecule has 5 nitrogen and oxygen atoms in total. The van der Waals surface area contributed by atoms with Gasteiger partial charge in [-0.2, -0.15) is 0 Å². The number of amides is 1. The zero-order chi connectivity index (χ0) is 21.7. The molecule has 1 amide bonds. The summed E-state index contributed by atoms with van der Waals surface area (Å²) < 4.78 is 11.6. The number of hydrogen-bond acceptors (Lipinski definition) is 6. The lowest BCUT2D eigenvalue weighted by Gasteiger charge is -2.12. The number of thiazole rings is 1. The Morgan fingerprint density at radius 1 is 1.03 bits per heavy atom. The van der Waals surface area contributed by atoms with Gasteiger partial charge in [-0.05, 0) is 49.6 Å². The Labute approximate surface area is 185 Å². The third kappa shape index (κ3) is 5.77. The van der Waals surface area contributed by atoms with Gasteiger partial charge in [0.05, 0.1) is 26.3 Å². The van der Waals surface area contributed by atoms with E-state index in [9.17, 15) is 4.79 Å². The highest BCUT2D eigenvalue weighted by Crippen LogP contribution is 2.30. The molecule has 0 saturated heterocycles. The number of carbonyl (C=O) groups is 1. The molecule has 1 heterocycles. The van der Waals surface area contributed by atoms with E-state index in [-0.39, 0.29) is 12.3 Å². The van der Waals surface area contributed by atoms with E-state index < -0.39 is 0 Å². The van der Waals surface area contributed by atoms with Crippen molar-refractivity contribution in [2.45, 2.75) is 37.3 Å². The number of ether oxygens (including phenoxy) is 2. The Balaban J connectivity index is 1.60. The van der Waals surface area contributed by atoms with Crippen LogP contribution in [0.4, 0.5) is 5.69 Å². The summed E-state index contributed by atoms with van der Waals surface area (Å²) >= 11 is 3.19. The summed E-state index contributed by atoms with van der Waals surface area (Å²) in [6, 6.07) is 9.99. The summed E-state index contributed by atoms with van der Waals surface area (Å²) in [6.45, 7) is 6.09. The summed E-state index contributed by atoms with van der Waals surface area (Å²) in [6.07, 6.45) is 0.261. The van der Waals surface area contributed by atoms with E-state index in [2.05, 4.69) is 29.4 Å². The van der Waals surface area contributed by atoms with Crippen molar-refractivity contribution in [1.29, 1.82) is 0 Å². The lowest BCUT2D eigenvalue weighted by Crippen LogP contribution is -2.16. The Morgan fingerprint density at radius 2 is 1.67 bits per heavy atom. The second-order valence-electron chi connectivity index (χ2n) is 7.11. The van der Waals surface area contributed by atoms with Gasteiger partial charge in [0.15, 0.2) is 0 Å². The molecule has 0 saturated carbocycles. The highest BCUT2D eigenvalue weighted by Gasteiger charge is 2.12. The van der Waals surface area contributed by atoms with Crippen LogP contribution in [0.15, 0.2) is 40.1 Å². The molecule has 0 atom stereocenters. The Hall–Kier alpha value is -2.51. The minimum atomic E-state index is -0.0514. The lowest BCUT2D eigenvalue weighted by molar-refractivity contribution is -0.115. The summed E-state index contributed by atoms with van der Waals surface area (Å²) in [5.41, 5.74) is 6.11. The van der Waals surface area contributed by atoms with E-state index in [0.29, 0.717) is 0 Å². The van der Waals surface area contributed by atoms with Crippen molar-refractivity contribution >= 4 is 34.7 Å². The molecule has 0 radical (unpaired) electrons. The molecule has 0 aliphatic carbocycles.